The van der Waals surface area contributed by atoms with Crippen LogP contribution in [0.4, 0.5) is 5.13 Å². The fourth-order valence-electron chi connectivity index (χ4n) is 2.81. The van der Waals surface area contributed by atoms with Gasteiger partial charge in [0, 0.05) is 18.5 Å². The van der Waals surface area contributed by atoms with Gasteiger partial charge in [0.25, 0.3) is 0 Å². The summed E-state index contributed by atoms with van der Waals surface area (Å²) < 4.78 is 11.1. The van der Waals surface area contributed by atoms with Crippen molar-refractivity contribution in [3.05, 3.63) is 46.7 Å². The fourth-order valence-corrected chi connectivity index (χ4v) is 3.78. The molecule has 1 aliphatic rings. The molecule has 0 radical (unpaired) electrons. The van der Waals surface area contributed by atoms with Gasteiger partial charge in [-0.2, -0.15) is 0 Å². The number of carbonyl (C=O) groups is 1. The summed E-state index contributed by atoms with van der Waals surface area (Å²) in [7, 11) is 0. The van der Waals surface area contributed by atoms with Crippen LogP contribution in [-0.4, -0.2) is 42.4 Å². The summed E-state index contributed by atoms with van der Waals surface area (Å²) in [6, 6.07) is 9.67. The molecule has 0 unspecified atom stereocenters. The Hall–Kier alpha value is -2.38. The van der Waals surface area contributed by atoms with Crippen molar-refractivity contribution in [2.45, 2.75) is 6.42 Å². The number of thiazole rings is 1. The van der Waals surface area contributed by atoms with Crippen molar-refractivity contribution in [2.75, 3.05) is 31.2 Å². The average molecular weight is 344 g/mol. The summed E-state index contributed by atoms with van der Waals surface area (Å²) >= 11 is 1.22. The van der Waals surface area contributed by atoms with Crippen LogP contribution in [-0.2, 0) is 11.2 Å². The quantitative estimate of drug-likeness (QED) is 0.784. The van der Waals surface area contributed by atoms with Gasteiger partial charge in [0.2, 0.25) is 0 Å². The molecule has 1 fully saturated rings. The molecule has 0 bridgehead atoms. The minimum atomic E-state index is -0.946. The lowest BCUT2D eigenvalue weighted by Crippen LogP contribution is -2.36. The number of benzene rings is 1. The number of anilines is 1. The topological polar surface area (TPSA) is 75.8 Å². The van der Waals surface area contributed by atoms with E-state index in [4.69, 9.17) is 9.15 Å². The molecule has 0 amide bonds. The number of ether oxygens (including phenoxy) is 1. The average Bonchev–Trinajstić information content (AvgIpc) is 3.19. The number of furan rings is 1. The van der Waals surface area contributed by atoms with Crippen molar-refractivity contribution in [3.8, 4) is 0 Å². The minimum absolute atomic E-state index is 0.275. The lowest BCUT2D eigenvalue weighted by molar-refractivity contribution is 0.0701. The van der Waals surface area contributed by atoms with Crippen molar-refractivity contribution in [2.24, 2.45) is 0 Å². The van der Waals surface area contributed by atoms with Crippen LogP contribution in [0.5, 0.6) is 0 Å². The maximum Gasteiger partial charge on any atom is 0.347 e. The first-order valence-electron chi connectivity index (χ1n) is 7.74. The molecule has 7 heteroatoms. The van der Waals surface area contributed by atoms with Crippen LogP contribution in [0.1, 0.15) is 21.1 Å². The lowest BCUT2D eigenvalue weighted by Gasteiger charge is -2.25. The third-order valence-electron chi connectivity index (χ3n) is 3.98. The van der Waals surface area contributed by atoms with E-state index in [1.54, 1.807) is 0 Å². The monoisotopic (exact) mass is 344 g/mol. The number of carboxylic acid groups (broad SMARTS) is 1. The Kier molecular flexibility index (Phi) is 3.95. The number of fused-ring (bicyclic) bond motifs is 1. The maximum absolute atomic E-state index is 11.6. The Morgan fingerprint density at radius 1 is 1.29 bits per heavy atom. The van der Waals surface area contributed by atoms with Gasteiger partial charge in [-0.05, 0) is 12.1 Å². The highest BCUT2D eigenvalue weighted by Gasteiger charge is 2.23. The predicted molar refractivity (Wildman–Crippen MR) is 91.1 cm³/mol. The van der Waals surface area contributed by atoms with Crippen molar-refractivity contribution >= 4 is 33.4 Å². The first kappa shape index (κ1) is 15.2. The van der Waals surface area contributed by atoms with Gasteiger partial charge in [-0.15, -0.1) is 0 Å². The Morgan fingerprint density at radius 2 is 2.08 bits per heavy atom. The van der Waals surface area contributed by atoms with E-state index in [1.807, 2.05) is 30.3 Å². The standard InChI is InChI=1S/C17H16N2O4S/c20-16(21)15-13(18-17(24-15)19-5-7-22-8-6-19)10-12-9-11-3-1-2-4-14(11)23-12/h1-4,9H,5-8,10H2,(H,20,21). The van der Waals surface area contributed by atoms with Crippen LogP contribution in [0, 0.1) is 0 Å². The SMILES string of the molecule is O=C(O)c1sc(N2CCOCC2)nc1Cc1cc2ccccc2o1. The van der Waals surface area contributed by atoms with Crippen LogP contribution < -0.4 is 4.90 Å². The number of rotatable bonds is 4. The summed E-state index contributed by atoms with van der Waals surface area (Å²) in [5, 5.41) is 11.2. The molecule has 0 spiro atoms. The second kappa shape index (κ2) is 6.26. The Bertz CT molecular complexity index is 847. The maximum atomic E-state index is 11.6. The normalized spacial score (nSPS) is 15.1. The zero-order chi connectivity index (χ0) is 16.5. The van der Waals surface area contributed by atoms with Gasteiger partial charge in [-0.25, -0.2) is 9.78 Å². The summed E-state index contributed by atoms with van der Waals surface area (Å²) in [6.07, 6.45) is 0.372. The number of hydrogen-bond acceptors (Lipinski definition) is 6. The van der Waals surface area contributed by atoms with Crippen molar-refractivity contribution in [1.82, 2.24) is 4.98 Å². The van der Waals surface area contributed by atoms with Crippen LogP contribution in [0.15, 0.2) is 34.7 Å². The zero-order valence-corrected chi connectivity index (χ0v) is 13.7. The summed E-state index contributed by atoms with van der Waals surface area (Å²) in [6.45, 7) is 2.75. The molecule has 1 aliphatic heterocycles. The zero-order valence-electron chi connectivity index (χ0n) is 12.9. The first-order valence-corrected chi connectivity index (χ1v) is 8.55. The molecule has 124 valence electrons. The van der Waals surface area contributed by atoms with E-state index in [0.29, 0.717) is 25.3 Å². The highest BCUT2D eigenvalue weighted by molar-refractivity contribution is 7.17. The van der Waals surface area contributed by atoms with Gasteiger partial charge in [-0.3, -0.25) is 0 Å². The van der Waals surface area contributed by atoms with Crippen molar-refractivity contribution in [3.63, 3.8) is 0 Å². The van der Waals surface area contributed by atoms with Crippen LogP contribution in [0.3, 0.4) is 0 Å². The Labute approximate surface area is 142 Å². The molecule has 24 heavy (non-hydrogen) atoms. The highest BCUT2D eigenvalue weighted by atomic mass is 32.1. The van der Waals surface area contributed by atoms with E-state index in [2.05, 4.69) is 9.88 Å². The molecule has 3 aromatic rings. The van der Waals surface area contributed by atoms with E-state index in [-0.39, 0.29) is 4.88 Å². The molecule has 0 saturated carbocycles. The molecule has 2 aromatic heterocycles. The van der Waals surface area contributed by atoms with Crippen LogP contribution in [0.25, 0.3) is 11.0 Å². The minimum Gasteiger partial charge on any atom is -0.477 e. The number of aromatic carboxylic acids is 1. The second-order valence-corrected chi connectivity index (χ2v) is 6.58. The Morgan fingerprint density at radius 3 is 2.83 bits per heavy atom. The molecule has 0 atom stereocenters. The number of nitrogens with zero attached hydrogens (tertiary/aromatic N) is 2. The van der Waals surface area contributed by atoms with Gasteiger partial charge in [0.1, 0.15) is 16.2 Å². The first-order chi connectivity index (χ1) is 11.7. The van der Waals surface area contributed by atoms with Gasteiger partial charge < -0.3 is 19.2 Å². The van der Waals surface area contributed by atoms with Crippen molar-refractivity contribution < 1.29 is 19.1 Å². The molecular formula is C17H16N2O4S. The molecule has 3 heterocycles. The smallest absolute Gasteiger partial charge is 0.347 e. The summed E-state index contributed by atoms with van der Waals surface area (Å²) in [5.41, 5.74) is 1.35. The molecule has 1 N–H and O–H groups in total. The summed E-state index contributed by atoms with van der Waals surface area (Å²) in [5.74, 6) is -0.226. The third kappa shape index (κ3) is 2.88. The molecule has 6 nitrogen and oxygen atoms in total. The van der Waals surface area contributed by atoms with Gasteiger partial charge in [0.05, 0.1) is 25.3 Å². The second-order valence-electron chi connectivity index (χ2n) is 5.60. The third-order valence-corrected chi connectivity index (χ3v) is 5.13. The van der Waals surface area contributed by atoms with E-state index in [0.717, 1.165) is 35.0 Å². The largest absolute Gasteiger partial charge is 0.477 e. The predicted octanol–water partition coefficient (Wildman–Crippen LogP) is 3.01. The van der Waals surface area contributed by atoms with Crippen LogP contribution in [0.2, 0.25) is 0 Å². The Balaban J connectivity index is 1.65. The van der Waals surface area contributed by atoms with Gasteiger partial charge in [-0.1, -0.05) is 29.5 Å². The molecule has 1 aromatic carbocycles. The highest BCUT2D eigenvalue weighted by Crippen LogP contribution is 2.30. The number of carboxylic acids is 1. The molecule has 4 rings (SSSR count). The van der Waals surface area contributed by atoms with E-state index >= 15 is 0 Å². The van der Waals surface area contributed by atoms with E-state index in [9.17, 15) is 9.90 Å². The number of morpholine rings is 1. The van der Waals surface area contributed by atoms with E-state index in [1.165, 1.54) is 11.3 Å². The van der Waals surface area contributed by atoms with E-state index < -0.39 is 5.97 Å². The fraction of sp³-hybridized carbons (Fsp3) is 0.294. The van der Waals surface area contributed by atoms with Gasteiger partial charge >= 0.3 is 5.97 Å². The van der Waals surface area contributed by atoms with Crippen LogP contribution >= 0.6 is 11.3 Å². The molecule has 1 saturated heterocycles. The summed E-state index contributed by atoms with van der Waals surface area (Å²) in [4.78, 5) is 18.5. The van der Waals surface area contributed by atoms with Crippen molar-refractivity contribution in [1.29, 1.82) is 0 Å². The number of para-hydroxylation sites is 1. The molecule has 0 aliphatic carbocycles. The lowest BCUT2D eigenvalue weighted by atomic mass is 10.2. The number of hydrogen-bond donors (Lipinski definition) is 1. The molecular weight excluding hydrogens is 328 g/mol. The van der Waals surface area contributed by atoms with Gasteiger partial charge in [0.15, 0.2) is 5.13 Å². The number of aromatic nitrogens is 1.